The molecule has 0 aromatic heterocycles. The van der Waals surface area contributed by atoms with Crippen molar-refractivity contribution in [2.24, 2.45) is 17.3 Å². The fraction of sp³-hybridized carbons (Fsp3) is 0.688. The van der Waals surface area contributed by atoms with E-state index in [4.69, 9.17) is 9.47 Å². The van der Waals surface area contributed by atoms with Gasteiger partial charge in [0.25, 0.3) is 0 Å². The lowest BCUT2D eigenvalue weighted by Crippen LogP contribution is -2.35. The summed E-state index contributed by atoms with van der Waals surface area (Å²) in [6.45, 7) is 17.5. The highest BCUT2D eigenvalue weighted by Crippen LogP contribution is 2.49. The number of ether oxygens (including phenoxy) is 2. The van der Waals surface area contributed by atoms with Gasteiger partial charge in [-0.15, -0.1) is 5.92 Å². The molecule has 0 bridgehead atoms. The number of allylic oxidation sites excluding steroid dienone is 3. The lowest BCUT2D eigenvalue weighted by atomic mass is 9.60. The molecule has 0 radical (unpaired) electrons. The number of carbonyl (C=O) groups is 2. The summed E-state index contributed by atoms with van der Waals surface area (Å²) in [7, 11) is 0. The van der Waals surface area contributed by atoms with E-state index in [0.29, 0.717) is 24.7 Å². The first-order valence-corrected chi connectivity index (χ1v) is 13.9. The summed E-state index contributed by atoms with van der Waals surface area (Å²) in [4.78, 5) is 23.2. The van der Waals surface area contributed by atoms with Crippen LogP contribution in [0.3, 0.4) is 0 Å². The van der Waals surface area contributed by atoms with Gasteiger partial charge in [0.2, 0.25) is 0 Å². The van der Waals surface area contributed by atoms with Gasteiger partial charge in [0.1, 0.15) is 17.8 Å². The highest BCUT2D eigenvalue weighted by molar-refractivity contribution is 5.67. The Balaban J connectivity index is 2.24. The average molecular weight is 513 g/mol. The smallest absolute Gasteiger partial charge is 0.303 e. The molecule has 206 valence electrons. The number of carbonyl (C=O) groups excluding carboxylic acids is 2. The van der Waals surface area contributed by atoms with Crippen molar-refractivity contribution in [3.05, 3.63) is 35.5 Å². The number of esters is 2. The molecule has 0 amide bonds. The van der Waals surface area contributed by atoms with Gasteiger partial charge in [-0.25, -0.2) is 0 Å². The molecule has 0 heterocycles. The molecule has 0 aromatic carbocycles. The maximum Gasteiger partial charge on any atom is 0.303 e. The van der Waals surface area contributed by atoms with E-state index in [1.807, 2.05) is 0 Å². The normalized spacial score (nSPS) is 28.3. The van der Waals surface area contributed by atoms with E-state index in [-0.39, 0.29) is 23.5 Å². The summed E-state index contributed by atoms with van der Waals surface area (Å²) in [6, 6.07) is 0. The van der Waals surface area contributed by atoms with Crippen molar-refractivity contribution in [2.45, 2.75) is 124 Å². The van der Waals surface area contributed by atoms with E-state index in [0.717, 1.165) is 43.3 Å². The number of hydrogen-bond acceptors (Lipinski definition) is 5. The first kappa shape index (κ1) is 30.9. The van der Waals surface area contributed by atoms with E-state index in [1.165, 1.54) is 32.3 Å². The Hall–Kier alpha value is -2.32. The third-order valence-corrected chi connectivity index (χ3v) is 7.76. The van der Waals surface area contributed by atoms with Crippen LogP contribution in [0.2, 0.25) is 0 Å². The largest absolute Gasteiger partial charge is 0.462 e. The van der Waals surface area contributed by atoms with Crippen molar-refractivity contribution in [2.75, 3.05) is 0 Å². The standard InChI is InChI=1S/C32H48O5/c1-9-12-29(22(2)13-10-17-31(6,7)35)32(8)18-11-14-26(21-32)15-16-27-19-28(36-24(4)33)20-30(23(27)3)37-25(5)34/h15-16,22,28-30,35H,3,9,11-14,18-21H2,1-2,4-8H3/b26-15+,27-16-/t22?,28?,29?,30-,32-/m0/s1. The lowest BCUT2D eigenvalue weighted by Gasteiger charge is -2.44. The monoisotopic (exact) mass is 512 g/mol. The number of rotatable bonds is 8. The third kappa shape index (κ3) is 9.82. The summed E-state index contributed by atoms with van der Waals surface area (Å²) in [5.41, 5.74) is 2.42. The molecule has 2 saturated carbocycles. The van der Waals surface area contributed by atoms with Crippen molar-refractivity contribution in [3.8, 4) is 11.8 Å². The summed E-state index contributed by atoms with van der Waals surface area (Å²) < 4.78 is 11.0. The fourth-order valence-corrected chi connectivity index (χ4v) is 6.16. The Morgan fingerprint density at radius 3 is 2.51 bits per heavy atom. The zero-order chi connectivity index (χ0) is 27.8. The Bertz CT molecular complexity index is 954. The van der Waals surface area contributed by atoms with Gasteiger partial charge in [0, 0.05) is 33.1 Å². The predicted octanol–water partition coefficient (Wildman–Crippen LogP) is 6.85. The first-order chi connectivity index (χ1) is 17.2. The molecule has 3 unspecified atom stereocenters. The molecular formula is C32H48O5. The van der Waals surface area contributed by atoms with E-state index >= 15 is 0 Å². The highest BCUT2D eigenvalue weighted by atomic mass is 16.6. The van der Waals surface area contributed by atoms with Crippen molar-refractivity contribution in [1.82, 2.24) is 0 Å². The fourth-order valence-electron chi connectivity index (χ4n) is 6.16. The maximum absolute atomic E-state index is 11.6. The van der Waals surface area contributed by atoms with Crippen LogP contribution in [0.4, 0.5) is 0 Å². The van der Waals surface area contributed by atoms with Gasteiger partial charge < -0.3 is 14.6 Å². The molecular weight excluding hydrogens is 464 g/mol. The topological polar surface area (TPSA) is 72.8 Å². The van der Waals surface area contributed by atoms with Crippen LogP contribution in [0.5, 0.6) is 0 Å². The third-order valence-electron chi connectivity index (χ3n) is 7.76. The van der Waals surface area contributed by atoms with Crippen molar-refractivity contribution >= 4 is 11.9 Å². The summed E-state index contributed by atoms with van der Waals surface area (Å²) >= 11 is 0. The van der Waals surface area contributed by atoms with Crippen LogP contribution >= 0.6 is 0 Å². The number of hydrogen-bond donors (Lipinski definition) is 1. The first-order valence-electron chi connectivity index (χ1n) is 13.9. The molecule has 0 aromatic rings. The van der Waals surface area contributed by atoms with E-state index in [2.05, 4.69) is 51.3 Å². The summed E-state index contributed by atoms with van der Waals surface area (Å²) in [6.07, 6.45) is 12.1. The molecule has 5 atom stereocenters. The minimum Gasteiger partial charge on any atom is -0.462 e. The molecule has 0 saturated heterocycles. The minimum absolute atomic E-state index is 0.193. The Morgan fingerprint density at radius 1 is 1.24 bits per heavy atom. The van der Waals surface area contributed by atoms with Gasteiger partial charge in [0.15, 0.2) is 0 Å². The van der Waals surface area contributed by atoms with Gasteiger partial charge in [-0.05, 0) is 74.3 Å². The van der Waals surface area contributed by atoms with Gasteiger partial charge in [-0.2, -0.15) is 0 Å². The van der Waals surface area contributed by atoms with Gasteiger partial charge in [-0.1, -0.05) is 57.4 Å². The molecule has 0 aliphatic heterocycles. The maximum atomic E-state index is 11.6. The van der Waals surface area contributed by atoms with E-state index in [1.54, 1.807) is 13.8 Å². The summed E-state index contributed by atoms with van der Waals surface area (Å²) in [5.74, 6) is 6.52. The molecule has 5 heteroatoms. The zero-order valence-corrected chi connectivity index (χ0v) is 24.1. The van der Waals surface area contributed by atoms with Gasteiger partial charge in [0.05, 0.1) is 0 Å². The minimum atomic E-state index is -0.954. The van der Waals surface area contributed by atoms with Gasteiger partial charge >= 0.3 is 11.9 Å². The molecule has 2 aliphatic carbocycles. The second-order valence-electron chi connectivity index (χ2n) is 11.9. The molecule has 2 aliphatic rings. The van der Waals surface area contributed by atoms with Crippen LogP contribution in [0.1, 0.15) is 106 Å². The van der Waals surface area contributed by atoms with Crippen LogP contribution in [0.25, 0.3) is 0 Å². The van der Waals surface area contributed by atoms with Gasteiger partial charge in [-0.3, -0.25) is 9.59 Å². The highest BCUT2D eigenvalue weighted by Gasteiger charge is 2.39. The molecule has 5 nitrogen and oxygen atoms in total. The summed E-state index contributed by atoms with van der Waals surface area (Å²) in [5, 5.41) is 9.97. The van der Waals surface area contributed by atoms with Crippen molar-refractivity contribution < 1.29 is 24.2 Å². The Morgan fingerprint density at radius 2 is 1.92 bits per heavy atom. The molecule has 37 heavy (non-hydrogen) atoms. The van der Waals surface area contributed by atoms with Crippen molar-refractivity contribution in [3.63, 3.8) is 0 Å². The van der Waals surface area contributed by atoms with Crippen LogP contribution < -0.4 is 0 Å². The van der Waals surface area contributed by atoms with Crippen molar-refractivity contribution in [1.29, 1.82) is 0 Å². The lowest BCUT2D eigenvalue weighted by molar-refractivity contribution is -0.152. The zero-order valence-electron chi connectivity index (χ0n) is 24.1. The molecule has 2 fully saturated rings. The van der Waals surface area contributed by atoms with Crippen LogP contribution in [0.15, 0.2) is 35.5 Å². The van der Waals surface area contributed by atoms with E-state index < -0.39 is 11.7 Å². The second-order valence-corrected chi connectivity index (χ2v) is 11.9. The molecule has 0 spiro atoms. The average Bonchev–Trinajstić information content (AvgIpc) is 2.76. The molecule has 1 N–H and O–H groups in total. The Kier molecular flexibility index (Phi) is 11.2. The second kappa shape index (κ2) is 13.5. The quantitative estimate of drug-likeness (QED) is 0.284. The Labute approximate surface area is 224 Å². The predicted molar refractivity (Wildman–Crippen MR) is 148 cm³/mol. The molecule has 2 rings (SSSR count). The number of aliphatic hydroxyl groups is 1. The van der Waals surface area contributed by atoms with E-state index in [9.17, 15) is 14.7 Å². The van der Waals surface area contributed by atoms with Crippen LogP contribution in [-0.4, -0.2) is 34.9 Å². The van der Waals surface area contributed by atoms with Crippen LogP contribution in [0, 0.1) is 29.1 Å². The SMILES string of the molecule is C=C1/C(=C\C=C2/CCC[C@](C)(C(CCC)C(C)CC#CC(C)(C)O)C2)CC(OC(C)=O)C[C@@H]1OC(C)=O. The van der Waals surface area contributed by atoms with Crippen LogP contribution in [-0.2, 0) is 19.1 Å².